The average molecular weight is 302 g/mol. The molecule has 1 nitrogen and oxygen atoms in total. The lowest BCUT2D eigenvalue weighted by Gasteiger charge is -2.07. The summed E-state index contributed by atoms with van der Waals surface area (Å²) in [5.41, 5.74) is 1.35. The van der Waals surface area contributed by atoms with Gasteiger partial charge in [0.1, 0.15) is 0 Å². The molecule has 1 aromatic rings. The highest BCUT2D eigenvalue weighted by Crippen LogP contribution is 2.28. The average Bonchev–Trinajstić information content (AvgIpc) is 2.28. The lowest BCUT2D eigenvalue weighted by molar-refractivity contribution is 0.675. The van der Waals surface area contributed by atoms with Gasteiger partial charge in [-0.15, -0.1) is 11.8 Å². The van der Waals surface area contributed by atoms with E-state index in [4.69, 9.17) is 0 Å². The van der Waals surface area contributed by atoms with Crippen LogP contribution in [-0.2, 0) is 6.54 Å². The van der Waals surface area contributed by atoms with E-state index in [1.807, 2.05) is 11.8 Å². The highest BCUT2D eigenvalue weighted by molar-refractivity contribution is 9.10. The molecule has 1 rings (SSSR count). The second-order valence-electron chi connectivity index (χ2n) is 3.79. The van der Waals surface area contributed by atoms with Gasteiger partial charge in [0, 0.05) is 15.9 Å². The Morgan fingerprint density at radius 3 is 2.69 bits per heavy atom. The molecule has 0 unspecified atom stereocenters. The fourth-order valence-corrected chi connectivity index (χ4v) is 2.95. The maximum absolute atomic E-state index is 3.64. The van der Waals surface area contributed by atoms with Crippen molar-refractivity contribution in [2.24, 2.45) is 0 Å². The second-order valence-corrected chi connectivity index (χ2v) is 5.78. The minimum absolute atomic E-state index is 0.963. The van der Waals surface area contributed by atoms with Gasteiger partial charge in [0.2, 0.25) is 0 Å². The first-order valence-electron chi connectivity index (χ1n) is 5.89. The Morgan fingerprint density at radius 1 is 1.25 bits per heavy atom. The Morgan fingerprint density at radius 2 is 2.06 bits per heavy atom. The van der Waals surface area contributed by atoms with Crippen molar-refractivity contribution in [2.75, 3.05) is 12.3 Å². The zero-order valence-corrected chi connectivity index (χ0v) is 12.5. The lowest BCUT2D eigenvalue weighted by Crippen LogP contribution is -2.13. The molecule has 0 aliphatic rings. The van der Waals surface area contributed by atoms with E-state index in [9.17, 15) is 0 Å². The number of nitrogens with one attached hydrogen (secondary N) is 1. The van der Waals surface area contributed by atoms with Crippen LogP contribution in [0.5, 0.6) is 0 Å². The fourth-order valence-electron chi connectivity index (χ4n) is 1.39. The van der Waals surface area contributed by atoms with Crippen LogP contribution >= 0.6 is 27.7 Å². The molecule has 0 heterocycles. The summed E-state index contributed by atoms with van der Waals surface area (Å²) < 4.78 is 1.22. The Bertz CT molecular complexity index is 315. The molecule has 0 aromatic heterocycles. The second kappa shape index (κ2) is 8.15. The van der Waals surface area contributed by atoms with Crippen molar-refractivity contribution < 1.29 is 0 Å². The van der Waals surface area contributed by atoms with Gasteiger partial charge in [0.25, 0.3) is 0 Å². The van der Waals surface area contributed by atoms with E-state index in [0.29, 0.717) is 0 Å². The molecular formula is C13H20BrNS. The zero-order chi connectivity index (χ0) is 11.8. The molecule has 3 heteroatoms. The van der Waals surface area contributed by atoms with Crippen molar-refractivity contribution in [3.63, 3.8) is 0 Å². The summed E-state index contributed by atoms with van der Waals surface area (Å²) in [6, 6.07) is 6.65. The summed E-state index contributed by atoms with van der Waals surface area (Å²) in [6.45, 7) is 6.45. The molecule has 0 aliphatic carbocycles. The van der Waals surface area contributed by atoms with Crippen molar-refractivity contribution in [2.45, 2.75) is 38.1 Å². The molecule has 1 N–H and O–H groups in total. The van der Waals surface area contributed by atoms with Gasteiger partial charge in [0.15, 0.2) is 0 Å². The van der Waals surface area contributed by atoms with Crippen molar-refractivity contribution in [3.05, 3.63) is 28.2 Å². The molecule has 0 amide bonds. The van der Waals surface area contributed by atoms with Gasteiger partial charge in [-0.05, 0) is 58.8 Å². The van der Waals surface area contributed by atoms with Gasteiger partial charge >= 0.3 is 0 Å². The first-order chi connectivity index (χ1) is 7.77. The third kappa shape index (κ3) is 4.89. The minimum atomic E-state index is 0.963. The first-order valence-corrected chi connectivity index (χ1v) is 7.67. The lowest BCUT2D eigenvalue weighted by atomic mass is 10.2. The van der Waals surface area contributed by atoms with Crippen LogP contribution in [0.15, 0.2) is 27.6 Å². The monoisotopic (exact) mass is 301 g/mol. The summed E-state index contributed by atoms with van der Waals surface area (Å²) in [6.07, 6.45) is 2.41. The molecule has 0 atom stereocenters. The number of benzene rings is 1. The molecule has 0 bridgehead atoms. The summed E-state index contributed by atoms with van der Waals surface area (Å²) in [4.78, 5) is 1.35. The van der Waals surface area contributed by atoms with Crippen LogP contribution in [0.25, 0.3) is 0 Å². The Balaban J connectivity index is 2.53. The molecule has 0 spiro atoms. The minimum Gasteiger partial charge on any atom is -0.313 e. The number of hydrogen-bond donors (Lipinski definition) is 1. The van der Waals surface area contributed by atoms with E-state index in [1.54, 1.807) is 0 Å². The summed E-state index contributed by atoms with van der Waals surface area (Å²) in [7, 11) is 0. The van der Waals surface area contributed by atoms with Crippen LogP contribution in [0.4, 0.5) is 0 Å². The molecule has 0 saturated heterocycles. The molecule has 0 fully saturated rings. The van der Waals surface area contributed by atoms with Gasteiger partial charge in [-0.25, -0.2) is 0 Å². The van der Waals surface area contributed by atoms with Gasteiger partial charge in [0.05, 0.1) is 0 Å². The summed E-state index contributed by atoms with van der Waals surface area (Å²) >= 11 is 5.55. The van der Waals surface area contributed by atoms with Crippen LogP contribution < -0.4 is 5.32 Å². The number of hydrogen-bond acceptors (Lipinski definition) is 2. The van der Waals surface area contributed by atoms with Crippen LogP contribution in [0, 0.1) is 0 Å². The molecular weight excluding hydrogens is 282 g/mol. The normalized spacial score (nSPS) is 10.7. The molecule has 0 saturated carbocycles. The molecule has 16 heavy (non-hydrogen) atoms. The predicted octanol–water partition coefficient (Wildman–Crippen LogP) is 4.45. The van der Waals surface area contributed by atoms with Gasteiger partial charge < -0.3 is 5.32 Å². The fraction of sp³-hybridized carbons (Fsp3) is 0.538. The molecule has 0 aliphatic heterocycles. The van der Waals surface area contributed by atoms with E-state index < -0.39 is 0 Å². The Hall–Kier alpha value is 0.01000. The van der Waals surface area contributed by atoms with Crippen LogP contribution in [0.3, 0.4) is 0 Å². The SMILES string of the molecule is CCCNCc1ccc(SCCC)c(Br)c1. The van der Waals surface area contributed by atoms with E-state index in [2.05, 4.69) is 53.3 Å². The van der Waals surface area contributed by atoms with Crippen molar-refractivity contribution in [1.82, 2.24) is 5.32 Å². The highest BCUT2D eigenvalue weighted by atomic mass is 79.9. The van der Waals surface area contributed by atoms with E-state index in [1.165, 1.54) is 33.5 Å². The Kier molecular flexibility index (Phi) is 7.17. The maximum Gasteiger partial charge on any atom is 0.0314 e. The summed E-state index contributed by atoms with van der Waals surface area (Å²) in [5, 5.41) is 3.41. The van der Waals surface area contributed by atoms with E-state index >= 15 is 0 Å². The van der Waals surface area contributed by atoms with Crippen LogP contribution in [0.1, 0.15) is 32.3 Å². The zero-order valence-electron chi connectivity index (χ0n) is 10.1. The van der Waals surface area contributed by atoms with Crippen molar-refractivity contribution >= 4 is 27.7 Å². The number of thioether (sulfide) groups is 1. The van der Waals surface area contributed by atoms with Gasteiger partial charge in [-0.1, -0.05) is 19.9 Å². The standard InChI is InChI=1S/C13H20BrNS/c1-3-7-15-10-11-5-6-13(12(14)9-11)16-8-4-2/h5-6,9,15H,3-4,7-8,10H2,1-2H3. The van der Waals surface area contributed by atoms with Crippen LogP contribution in [-0.4, -0.2) is 12.3 Å². The third-order valence-corrected chi connectivity index (χ3v) is 4.41. The molecule has 90 valence electrons. The predicted molar refractivity (Wildman–Crippen MR) is 77.2 cm³/mol. The molecule has 0 radical (unpaired) electrons. The van der Waals surface area contributed by atoms with Crippen molar-refractivity contribution in [3.8, 4) is 0 Å². The first kappa shape index (κ1) is 14.1. The van der Waals surface area contributed by atoms with Gasteiger partial charge in [-0.2, -0.15) is 0 Å². The van der Waals surface area contributed by atoms with E-state index in [0.717, 1.165) is 13.1 Å². The third-order valence-electron chi connectivity index (χ3n) is 2.21. The quantitative estimate of drug-likeness (QED) is 0.590. The maximum atomic E-state index is 3.64. The van der Waals surface area contributed by atoms with Crippen molar-refractivity contribution in [1.29, 1.82) is 0 Å². The van der Waals surface area contributed by atoms with Gasteiger partial charge in [-0.3, -0.25) is 0 Å². The summed E-state index contributed by atoms with van der Waals surface area (Å²) in [5.74, 6) is 1.19. The molecule has 1 aromatic carbocycles. The Labute approximate surface area is 112 Å². The highest BCUT2D eigenvalue weighted by Gasteiger charge is 2.01. The topological polar surface area (TPSA) is 12.0 Å². The number of halogens is 1. The largest absolute Gasteiger partial charge is 0.313 e. The smallest absolute Gasteiger partial charge is 0.0314 e. The van der Waals surface area contributed by atoms with Crippen LogP contribution in [0.2, 0.25) is 0 Å². The van der Waals surface area contributed by atoms with E-state index in [-0.39, 0.29) is 0 Å². The number of rotatable bonds is 7.